The third-order valence-electron chi connectivity index (χ3n) is 3.86. The first-order chi connectivity index (χ1) is 9.11. The molecule has 0 N–H and O–H groups in total. The molecule has 102 valence electrons. The first kappa shape index (κ1) is 12.7. The number of pyridine rings is 1. The number of aromatic nitrogens is 3. The number of rotatable bonds is 1. The number of imidazole rings is 1. The maximum atomic E-state index is 12.5. The van der Waals surface area contributed by atoms with Crippen molar-refractivity contribution >= 4 is 22.6 Å². The average molecular weight is 282 g/mol. The fraction of sp³-hybridized carbons (Fsp3) is 0.538. The summed E-state index contributed by atoms with van der Waals surface area (Å²) in [4.78, 5) is 16.6. The zero-order valence-electron chi connectivity index (χ0n) is 11.0. The molecule has 5 nitrogen and oxygen atoms in total. The Morgan fingerprint density at radius 3 is 2.79 bits per heavy atom. The van der Waals surface area contributed by atoms with Crippen molar-refractivity contribution in [1.82, 2.24) is 14.1 Å². The zero-order valence-corrected chi connectivity index (χ0v) is 11.8. The summed E-state index contributed by atoms with van der Waals surface area (Å²) in [5, 5.41) is 0.457. The van der Waals surface area contributed by atoms with Crippen molar-refractivity contribution in [1.29, 1.82) is 0 Å². The van der Waals surface area contributed by atoms with E-state index in [1.54, 1.807) is 17.8 Å². The van der Waals surface area contributed by atoms with E-state index >= 15 is 0 Å². The molecule has 0 radical (unpaired) electrons. The van der Waals surface area contributed by atoms with Crippen LogP contribution in [0.5, 0.6) is 0 Å². The van der Waals surface area contributed by atoms with Crippen molar-refractivity contribution in [3.63, 3.8) is 0 Å². The van der Waals surface area contributed by atoms with Crippen LogP contribution >= 0.6 is 11.6 Å². The van der Waals surface area contributed by atoms with E-state index < -0.39 is 0 Å². The quantitative estimate of drug-likeness (QED) is 0.752. The minimum atomic E-state index is -0.00549. The van der Waals surface area contributed by atoms with Crippen LogP contribution in [-0.4, -0.2) is 27.3 Å². The summed E-state index contributed by atoms with van der Waals surface area (Å²) in [7, 11) is 1.77. The molecule has 0 aromatic carbocycles. The van der Waals surface area contributed by atoms with Gasteiger partial charge < -0.3 is 4.74 Å². The fourth-order valence-corrected chi connectivity index (χ4v) is 2.90. The number of fused-ring (bicyclic) bond motifs is 1. The van der Waals surface area contributed by atoms with E-state index in [0.717, 1.165) is 29.4 Å². The van der Waals surface area contributed by atoms with Gasteiger partial charge in [0.15, 0.2) is 0 Å². The second kappa shape index (κ2) is 4.65. The van der Waals surface area contributed by atoms with Gasteiger partial charge in [0.1, 0.15) is 5.15 Å². The Morgan fingerprint density at radius 1 is 1.42 bits per heavy atom. The summed E-state index contributed by atoms with van der Waals surface area (Å²) in [5.41, 5.74) is 2.59. The molecule has 0 saturated carbocycles. The van der Waals surface area contributed by atoms with Crippen LogP contribution in [0.25, 0.3) is 11.0 Å². The van der Waals surface area contributed by atoms with Gasteiger partial charge in [0.2, 0.25) is 0 Å². The summed E-state index contributed by atoms with van der Waals surface area (Å²) in [6, 6.07) is 0.183. The highest BCUT2D eigenvalue weighted by Crippen LogP contribution is 2.28. The van der Waals surface area contributed by atoms with Crippen LogP contribution in [-0.2, 0) is 11.8 Å². The molecule has 2 aromatic rings. The number of ether oxygens (including phenoxy) is 1. The first-order valence-corrected chi connectivity index (χ1v) is 6.79. The lowest BCUT2D eigenvalue weighted by atomic mass is 10.1. The summed E-state index contributed by atoms with van der Waals surface area (Å²) >= 11 is 6.10. The number of aryl methyl sites for hydroxylation is 2. The van der Waals surface area contributed by atoms with Crippen LogP contribution in [0.2, 0.25) is 5.15 Å². The molecule has 0 aliphatic carbocycles. The minimum Gasteiger partial charge on any atom is -0.381 e. The predicted molar refractivity (Wildman–Crippen MR) is 73.8 cm³/mol. The molecule has 0 unspecified atom stereocenters. The lowest BCUT2D eigenvalue weighted by molar-refractivity contribution is 0.0696. The third kappa shape index (κ3) is 1.88. The largest absolute Gasteiger partial charge is 0.381 e. The monoisotopic (exact) mass is 281 g/mol. The summed E-state index contributed by atoms with van der Waals surface area (Å²) in [6.07, 6.45) is 3.39. The lowest BCUT2D eigenvalue weighted by Crippen LogP contribution is -2.29. The Hall–Kier alpha value is -1.33. The fourth-order valence-electron chi connectivity index (χ4n) is 2.76. The van der Waals surface area contributed by atoms with Crippen molar-refractivity contribution in [3.8, 4) is 0 Å². The number of nitrogens with zero attached hydrogens (tertiary/aromatic N) is 3. The Bertz CT molecular complexity index is 683. The molecular weight excluding hydrogens is 266 g/mol. The van der Waals surface area contributed by atoms with Crippen molar-refractivity contribution < 1.29 is 4.74 Å². The molecule has 3 rings (SSSR count). The van der Waals surface area contributed by atoms with E-state index in [1.807, 2.05) is 11.5 Å². The maximum absolute atomic E-state index is 12.5. The maximum Gasteiger partial charge on any atom is 0.329 e. The Balaban J connectivity index is 2.30. The number of hydrogen-bond acceptors (Lipinski definition) is 3. The van der Waals surface area contributed by atoms with Crippen LogP contribution in [0, 0.1) is 6.92 Å². The molecular formula is C13H16ClN3O2. The van der Waals surface area contributed by atoms with Gasteiger partial charge in [-0.2, -0.15) is 0 Å². The number of hydrogen-bond donors (Lipinski definition) is 0. The predicted octanol–water partition coefficient (Wildman–Crippen LogP) is 2.05. The molecule has 2 aromatic heterocycles. The highest BCUT2D eigenvalue weighted by atomic mass is 35.5. The highest BCUT2D eigenvalue weighted by Gasteiger charge is 2.23. The first-order valence-electron chi connectivity index (χ1n) is 6.41. The standard InChI is InChI=1S/C13H16ClN3O2/c1-8-11-10(7-15-12(8)14)16(2)13(18)17(11)9-3-5-19-6-4-9/h7,9H,3-6H2,1-2H3. The normalized spacial score (nSPS) is 17.2. The molecule has 1 aliphatic rings. The molecule has 3 heterocycles. The van der Waals surface area contributed by atoms with E-state index in [0.29, 0.717) is 18.4 Å². The van der Waals surface area contributed by atoms with Gasteiger partial charge in [-0.15, -0.1) is 0 Å². The topological polar surface area (TPSA) is 49.1 Å². The second-order valence-corrected chi connectivity index (χ2v) is 5.32. The molecule has 0 bridgehead atoms. The lowest BCUT2D eigenvalue weighted by Gasteiger charge is -2.23. The van der Waals surface area contributed by atoms with Gasteiger partial charge in [0, 0.05) is 31.9 Å². The van der Waals surface area contributed by atoms with E-state index in [1.165, 1.54) is 0 Å². The van der Waals surface area contributed by atoms with Gasteiger partial charge in [-0.1, -0.05) is 11.6 Å². The van der Waals surface area contributed by atoms with Gasteiger partial charge in [-0.25, -0.2) is 9.78 Å². The molecule has 1 fully saturated rings. The van der Waals surface area contributed by atoms with Gasteiger partial charge in [-0.05, 0) is 19.8 Å². The van der Waals surface area contributed by atoms with Gasteiger partial charge in [-0.3, -0.25) is 9.13 Å². The molecule has 19 heavy (non-hydrogen) atoms. The summed E-state index contributed by atoms with van der Waals surface area (Å²) in [6.45, 7) is 3.31. The van der Waals surface area contributed by atoms with Gasteiger partial charge >= 0.3 is 5.69 Å². The second-order valence-electron chi connectivity index (χ2n) is 4.96. The van der Waals surface area contributed by atoms with Gasteiger partial charge in [0.25, 0.3) is 0 Å². The van der Waals surface area contributed by atoms with Crippen LogP contribution < -0.4 is 5.69 Å². The Morgan fingerprint density at radius 2 is 2.11 bits per heavy atom. The molecule has 1 saturated heterocycles. The zero-order chi connectivity index (χ0) is 13.6. The van der Waals surface area contributed by atoms with Crippen molar-refractivity contribution in [2.75, 3.05) is 13.2 Å². The average Bonchev–Trinajstić information content (AvgIpc) is 2.68. The van der Waals surface area contributed by atoms with Gasteiger partial charge in [0.05, 0.1) is 17.2 Å². The summed E-state index contributed by atoms with van der Waals surface area (Å²) < 4.78 is 8.88. The molecule has 0 spiro atoms. The molecule has 6 heteroatoms. The van der Waals surface area contributed by atoms with E-state index in [-0.39, 0.29) is 11.7 Å². The van der Waals surface area contributed by atoms with Crippen LogP contribution in [0.3, 0.4) is 0 Å². The summed E-state index contributed by atoms with van der Waals surface area (Å²) in [5.74, 6) is 0. The minimum absolute atomic E-state index is 0.00549. The Labute approximate surface area is 115 Å². The van der Waals surface area contributed by atoms with Crippen LogP contribution in [0.4, 0.5) is 0 Å². The third-order valence-corrected chi connectivity index (χ3v) is 4.24. The highest BCUT2D eigenvalue weighted by molar-refractivity contribution is 6.30. The van der Waals surface area contributed by atoms with E-state index in [9.17, 15) is 4.79 Å². The van der Waals surface area contributed by atoms with Crippen molar-refractivity contribution in [2.45, 2.75) is 25.8 Å². The van der Waals surface area contributed by atoms with E-state index in [2.05, 4.69) is 4.98 Å². The number of halogens is 1. The Kier molecular flexibility index (Phi) is 3.11. The van der Waals surface area contributed by atoms with Crippen molar-refractivity contribution in [2.24, 2.45) is 7.05 Å². The molecule has 0 atom stereocenters. The SMILES string of the molecule is Cc1c(Cl)ncc2c1n(C1CCOCC1)c(=O)n2C. The molecule has 1 aliphatic heterocycles. The molecule has 0 amide bonds. The van der Waals surface area contributed by atoms with E-state index in [4.69, 9.17) is 16.3 Å². The van der Waals surface area contributed by atoms with Crippen LogP contribution in [0.15, 0.2) is 11.0 Å². The smallest absolute Gasteiger partial charge is 0.329 e. The van der Waals surface area contributed by atoms with Crippen molar-refractivity contribution in [3.05, 3.63) is 27.4 Å². The van der Waals surface area contributed by atoms with Crippen LogP contribution in [0.1, 0.15) is 24.4 Å².